The lowest BCUT2D eigenvalue weighted by Crippen LogP contribution is -2.30. The first-order valence-corrected chi connectivity index (χ1v) is 7.58. The van der Waals surface area contributed by atoms with Crippen molar-refractivity contribution in [2.45, 2.75) is 31.2 Å². The average molecular weight is 302 g/mol. The van der Waals surface area contributed by atoms with Gasteiger partial charge in [-0.15, -0.1) is 0 Å². The van der Waals surface area contributed by atoms with Gasteiger partial charge in [0, 0.05) is 12.8 Å². The molecule has 0 spiro atoms. The molecule has 0 amide bonds. The van der Waals surface area contributed by atoms with Crippen LogP contribution >= 0.6 is 11.6 Å². The number of nitrogens with zero attached hydrogens (tertiary/aromatic N) is 3. The van der Waals surface area contributed by atoms with Gasteiger partial charge in [0.1, 0.15) is 10.4 Å². The van der Waals surface area contributed by atoms with Crippen molar-refractivity contribution in [2.24, 2.45) is 0 Å². The van der Waals surface area contributed by atoms with E-state index >= 15 is 0 Å². The van der Waals surface area contributed by atoms with Crippen molar-refractivity contribution in [3.05, 3.63) is 5.15 Å². The summed E-state index contributed by atoms with van der Waals surface area (Å²) in [6.45, 7) is 5.91. The Balaban J connectivity index is 3.32. The predicted octanol–water partition coefficient (Wildman–Crippen LogP) is 2.01. The molecule has 0 saturated heterocycles. The third-order valence-electron chi connectivity index (χ3n) is 2.16. The number of anilines is 2. The van der Waals surface area contributed by atoms with Gasteiger partial charge in [0.05, 0.1) is 16.9 Å². The Bertz CT molecular complexity index is 541. The van der Waals surface area contributed by atoms with Crippen LogP contribution in [0, 0.1) is 11.3 Å². The smallest absolute Gasteiger partial charge is 0.226 e. The van der Waals surface area contributed by atoms with E-state index in [1.54, 1.807) is 13.8 Å². The highest BCUT2D eigenvalue weighted by atomic mass is 35.5. The fourth-order valence-corrected chi connectivity index (χ4v) is 2.47. The summed E-state index contributed by atoms with van der Waals surface area (Å²) in [7, 11) is -1.36. The van der Waals surface area contributed by atoms with Gasteiger partial charge in [0.2, 0.25) is 5.95 Å². The first-order chi connectivity index (χ1) is 8.80. The zero-order valence-electron chi connectivity index (χ0n) is 11.2. The van der Waals surface area contributed by atoms with Crippen LogP contribution in [0.15, 0.2) is 4.90 Å². The van der Waals surface area contributed by atoms with Crippen LogP contribution in [0.25, 0.3) is 0 Å². The highest BCUT2D eigenvalue weighted by Gasteiger charge is 2.23. The molecule has 1 aromatic heterocycles. The number of halogens is 1. The molecule has 6 nitrogen and oxygen atoms in total. The quantitative estimate of drug-likeness (QED) is 0.809. The van der Waals surface area contributed by atoms with Crippen LogP contribution in [-0.2, 0) is 10.8 Å². The molecule has 0 aliphatic rings. The number of hydrogen-bond donors (Lipinski definition) is 2. The fraction of sp³-hybridized carbons (Fsp3) is 0.545. The molecule has 0 fully saturated rings. The van der Waals surface area contributed by atoms with Gasteiger partial charge < -0.3 is 10.6 Å². The summed E-state index contributed by atoms with van der Waals surface area (Å²) in [4.78, 5) is 8.54. The molecule has 8 heteroatoms. The maximum Gasteiger partial charge on any atom is 0.226 e. The van der Waals surface area contributed by atoms with Crippen molar-refractivity contribution >= 4 is 34.2 Å². The second-order valence-corrected chi connectivity index (χ2v) is 6.04. The molecule has 0 saturated carbocycles. The van der Waals surface area contributed by atoms with Gasteiger partial charge in [-0.1, -0.05) is 11.6 Å². The van der Waals surface area contributed by atoms with Crippen molar-refractivity contribution in [1.29, 1.82) is 5.26 Å². The molecule has 0 aliphatic carbocycles. The number of rotatable bonds is 5. The number of aromatic nitrogens is 2. The van der Waals surface area contributed by atoms with Crippen LogP contribution in [0.4, 0.5) is 11.8 Å². The molecule has 1 heterocycles. The highest BCUT2D eigenvalue weighted by Crippen LogP contribution is 2.27. The Morgan fingerprint density at radius 3 is 2.58 bits per heavy atom. The van der Waals surface area contributed by atoms with Gasteiger partial charge in [-0.05, 0) is 20.8 Å². The van der Waals surface area contributed by atoms with Gasteiger partial charge in [-0.25, -0.2) is 0 Å². The normalized spacial score (nSPS) is 12.6. The van der Waals surface area contributed by atoms with E-state index in [4.69, 9.17) is 16.9 Å². The van der Waals surface area contributed by atoms with Gasteiger partial charge >= 0.3 is 0 Å². The number of hydrogen-bond acceptors (Lipinski definition) is 6. The maximum atomic E-state index is 11.7. The highest BCUT2D eigenvalue weighted by molar-refractivity contribution is 7.84. The minimum absolute atomic E-state index is 0.114. The summed E-state index contributed by atoms with van der Waals surface area (Å²) >= 11 is 6.03. The lowest BCUT2D eigenvalue weighted by atomic mass is 10.1. The molecule has 1 atom stereocenters. The molecule has 104 valence electrons. The lowest BCUT2D eigenvalue weighted by Gasteiger charge is -2.20. The van der Waals surface area contributed by atoms with E-state index < -0.39 is 16.3 Å². The van der Waals surface area contributed by atoms with Crippen molar-refractivity contribution in [2.75, 3.05) is 23.4 Å². The third kappa shape index (κ3) is 4.04. The monoisotopic (exact) mass is 301 g/mol. The van der Waals surface area contributed by atoms with Gasteiger partial charge in [0.15, 0.2) is 11.0 Å². The third-order valence-corrected chi connectivity index (χ3v) is 3.50. The fourth-order valence-electron chi connectivity index (χ4n) is 1.32. The topological polar surface area (TPSA) is 90.7 Å². The molecule has 1 unspecified atom stereocenters. The average Bonchev–Trinajstić information content (AvgIpc) is 2.27. The van der Waals surface area contributed by atoms with E-state index in [0.717, 1.165) is 0 Å². The molecule has 1 rings (SSSR count). The molecule has 1 aromatic rings. The van der Waals surface area contributed by atoms with Crippen LogP contribution in [0.2, 0.25) is 5.15 Å². The van der Waals surface area contributed by atoms with Gasteiger partial charge in [-0.3, -0.25) is 4.21 Å². The second kappa shape index (κ2) is 6.17. The van der Waals surface area contributed by atoms with Gasteiger partial charge in [-0.2, -0.15) is 15.2 Å². The molecule has 19 heavy (non-hydrogen) atoms. The van der Waals surface area contributed by atoms with E-state index in [1.807, 2.05) is 6.92 Å². The Morgan fingerprint density at radius 1 is 1.47 bits per heavy atom. The van der Waals surface area contributed by atoms with Crippen molar-refractivity contribution in [1.82, 2.24) is 9.97 Å². The predicted molar refractivity (Wildman–Crippen MR) is 76.9 cm³/mol. The minimum Gasteiger partial charge on any atom is -0.354 e. The first-order valence-electron chi connectivity index (χ1n) is 5.65. The lowest BCUT2D eigenvalue weighted by molar-refractivity contribution is 0.684. The van der Waals surface area contributed by atoms with Crippen LogP contribution in [-0.4, -0.2) is 32.5 Å². The van der Waals surface area contributed by atoms with Crippen LogP contribution in [0.3, 0.4) is 0 Å². The molecular formula is C11H16ClN5OS. The molecule has 0 radical (unpaired) electrons. The first kappa shape index (κ1) is 15.7. The molecule has 0 aromatic carbocycles. The minimum atomic E-state index is -1.36. The van der Waals surface area contributed by atoms with E-state index in [2.05, 4.69) is 26.7 Å². The van der Waals surface area contributed by atoms with Crippen molar-refractivity contribution in [3.63, 3.8) is 0 Å². The molecular weight excluding hydrogens is 286 g/mol. The van der Waals surface area contributed by atoms with E-state index in [1.165, 1.54) is 6.26 Å². The standard InChI is InChI=1S/C11H16ClN5OS/c1-5-14-10-15-8(12)7(19(4)18)9(16-10)17-11(2,3)6-13/h5H2,1-4H3,(H2,14,15,16,17). The Hall–Kier alpha value is -1.39. The number of nitrogens with one attached hydrogen (secondary N) is 2. The summed E-state index contributed by atoms with van der Waals surface area (Å²) in [5.41, 5.74) is -0.852. The summed E-state index contributed by atoms with van der Waals surface area (Å²) in [6, 6.07) is 2.09. The zero-order chi connectivity index (χ0) is 14.6. The van der Waals surface area contributed by atoms with Crippen LogP contribution in [0.5, 0.6) is 0 Å². The van der Waals surface area contributed by atoms with Crippen molar-refractivity contribution < 1.29 is 4.21 Å². The zero-order valence-corrected chi connectivity index (χ0v) is 12.8. The largest absolute Gasteiger partial charge is 0.354 e. The molecule has 0 aliphatic heterocycles. The van der Waals surface area contributed by atoms with E-state index in [-0.39, 0.29) is 5.15 Å². The molecule has 2 N–H and O–H groups in total. The summed E-state index contributed by atoms with van der Waals surface area (Å²) in [6.07, 6.45) is 1.49. The van der Waals surface area contributed by atoms with Gasteiger partial charge in [0.25, 0.3) is 0 Å². The summed E-state index contributed by atoms with van der Waals surface area (Å²) in [5, 5.41) is 15.0. The number of nitriles is 1. The molecule has 0 bridgehead atoms. The second-order valence-electron chi connectivity index (χ2n) is 4.36. The Kier molecular flexibility index (Phi) is 5.09. The summed E-state index contributed by atoms with van der Waals surface area (Å²) in [5.74, 6) is 0.640. The maximum absolute atomic E-state index is 11.7. The Morgan fingerprint density at radius 2 is 2.11 bits per heavy atom. The Labute approximate surface area is 120 Å². The van der Waals surface area contributed by atoms with E-state index in [0.29, 0.717) is 23.2 Å². The summed E-state index contributed by atoms with van der Waals surface area (Å²) < 4.78 is 11.7. The van der Waals surface area contributed by atoms with Crippen LogP contribution in [0.1, 0.15) is 20.8 Å². The van der Waals surface area contributed by atoms with E-state index in [9.17, 15) is 4.21 Å². The van der Waals surface area contributed by atoms with Crippen LogP contribution < -0.4 is 10.6 Å². The SMILES string of the molecule is CCNc1nc(Cl)c(S(C)=O)c(NC(C)(C)C#N)n1. The van der Waals surface area contributed by atoms with Crippen molar-refractivity contribution in [3.8, 4) is 6.07 Å².